The molecule has 3 heterocycles. The number of ether oxygens (including phenoxy) is 1. The van der Waals surface area contributed by atoms with E-state index < -0.39 is 0 Å². The van der Waals surface area contributed by atoms with Crippen molar-refractivity contribution in [2.24, 2.45) is 0 Å². The van der Waals surface area contributed by atoms with E-state index in [4.69, 9.17) is 4.74 Å². The van der Waals surface area contributed by atoms with Crippen LogP contribution in [-0.4, -0.2) is 33.8 Å². The Morgan fingerprint density at radius 1 is 1.23 bits per heavy atom. The number of hydrogen-bond acceptors (Lipinski definition) is 5. The molecule has 0 aliphatic carbocycles. The molecule has 0 saturated carbocycles. The summed E-state index contributed by atoms with van der Waals surface area (Å²) in [6.07, 6.45) is 6.53. The molecule has 0 radical (unpaired) electrons. The second-order valence-corrected chi connectivity index (χ2v) is 9.13. The van der Waals surface area contributed by atoms with Gasteiger partial charge in [-0.05, 0) is 37.1 Å². The highest BCUT2D eigenvalue weighted by atomic mass is 32.2. The number of aromatic nitrogens is 2. The van der Waals surface area contributed by atoms with Crippen molar-refractivity contribution in [1.82, 2.24) is 9.38 Å². The molecule has 1 N–H and O–H groups in total. The van der Waals surface area contributed by atoms with Gasteiger partial charge in [0.1, 0.15) is 0 Å². The van der Waals surface area contributed by atoms with Crippen LogP contribution in [0.3, 0.4) is 0 Å². The van der Waals surface area contributed by atoms with Crippen LogP contribution in [0.2, 0.25) is 0 Å². The Labute approximate surface area is 183 Å². The van der Waals surface area contributed by atoms with E-state index >= 15 is 0 Å². The summed E-state index contributed by atoms with van der Waals surface area (Å²) in [7, 11) is 0. The quantitative estimate of drug-likeness (QED) is 0.401. The zero-order valence-corrected chi connectivity index (χ0v) is 17.9. The lowest BCUT2D eigenvalue weighted by Gasteiger charge is -2.12. The molecule has 2 aromatic heterocycles. The van der Waals surface area contributed by atoms with Crippen LogP contribution in [0, 0.1) is 0 Å². The number of imidazole rings is 1. The number of amides is 1. The number of fused-ring (bicyclic) bond motifs is 1. The molecule has 30 heavy (non-hydrogen) atoms. The summed E-state index contributed by atoms with van der Waals surface area (Å²) in [5.41, 5.74) is 3.41. The number of thioether (sulfide) groups is 1. The van der Waals surface area contributed by atoms with Gasteiger partial charge in [0.25, 0.3) is 5.91 Å². The van der Waals surface area contributed by atoms with E-state index in [1.54, 1.807) is 23.1 Å². The predicted octanol–water partition coefficient (Wildman–Crippen LogP) is 5.59. The number of thiazole rings is 1. The molecule has 1 unspecified atom stereocenters. The smallest absolute Gasteiger partial charge is 0.256 e. The van der Waals surface area contributed by atoms with Crippen LogP contribution in [0.1, 0.15) is 23.2 Å². The number of hydrogen-bond donors (Lipinski definition) is 1. The van der Waals surface area contributed by atoms with Gasteiger partial charge in [-0.1, -0.05) is 24.3 Å². The molecule has 0 bridgehead atoms. The van der Waals surface area contributed by atoms with Crippen LogP contribution in [0.5, 0.6) is 0 Å². The first-order valence-corrected chi connectivity index (χ1v) is 11.8. The lowest BCUT2D eigenvalue weighted by atomic mass is 10.1. The van der Waals surface area contributed by atoms with Crippen molar-refractivity contribution in [3.05, 3.63) is 71.9 Å². The number of nitrogens with zero attached hydrogens (tertiary/aromatic N) is 2. The molecular weight excluding hydrogens is 414 g/mol. The van der Waals surface area contributed by atoms with Crippen molar-refractivity contribution in [2.75, 3.05) is 17.7 Å². The van der Waals surface area contributed by atoms with Gasteiger partial charge in [0, 0.05) is 46.3 Å². The minimum atomic E-state index is -0.0966. The first-order chi connectivity index (χ1) is 14.8. The normalized spacial score (nSPS) is 16.2. The number of benzene rings is 2. The number of rotatable bonds is 6. The van der Waals surface area contributed by atoms with Crippen LogP contribution >= 0.6 is 23.1 Å². The van der Waals surface area contributed by atoms with Crippen molar-refractivity contribution in [1.29, 1.82) is 0 Å². The van der Waals surface area contributed by atoms with E-state index in [0.29, 0.717) is 5.56 Å². The Kier molecular flexibility index (Phi) is 5.57. The summed E-state index contributed by atoms with van der Waals surface area (Å²) < 4.78 is 7.72. The largest absolute Gasteiger partial charge is 0.377 e. The van der Waals surface area contributed by atoms with Crippen LogP contribution in [0.25, 0.3) is 16.2 Å². The average molecular weight is 436 g/mol. The monoisotopic (exact) mass is 435 g/mol. The summed E-state index contributed by atoms with van der Waals surface area (Å²) >= 11 is 3.30. The third kappa shape index (κ3) is 4.14. The van der Waals surface area contributed by atoms with E-state index in [2.05, 4.69) is 10.3 Å². The summed E-state index contributed by atoms with van der Waals surface area (Å²) in [5, 5.41) is 5.04. The molecule has 4 aromatic rings. The van der Waals surface area contributed by atoms with Crippen LogP contribution in [0.4, 0.5) is 5.69 Å². The molecule has 1 saturated heterocycles. The first kappa shape index (κ1) is 19.4. The number of carbonyl (C=O) groups excluding carboxylic acids is 1. The molecule has 2 aromatic carbocycles. The summed E-state index contributed by atoms with van der Waals surface area (Å²) in [6.45, 7) is 0.848. The fraction of sp³-hybridized carbons (Fsp3) is 0.217. The first-order valence-electron chi connectivity index (χ1n) is 9.94. The molecule has 152 valence electrons. The summed E-state index contributed by atoms with van der Waals surface area (Å²) in [4.78, 5) is 19.5. The van der Waals surface area contributed by atoms with E-state index in [1.807, 2.05) is 70.7 Å². The summed E-state index contributed by atoms with van der Waals surface area (Å²) in [5.74, 6) is 0.780. The molecule has 1 amide bonds. The Hall–Kier alpha value is -2.61. The SMILES string of the molecule is O=C(Nc1ccc(-c2cn3ccsc3n2)cc1)c1ccccc1SCC1CCCO1. The fourth-order valence-electron chi connectivity index (χ4n) is 3.53. The van der Waals surface area contributed by atoms with Gasteiger partial charge in [0.15, 0.2) is 4.96 Å². The maximum atomic E-state index is 12.9. The second-order valence-electron chi connectivity index (χ2n) is 7.19. The molecule has 1 aliphatic heterocycles. The molecule has 1 fully saturated rings. The zero-order chi connectivity index (χ0) is 20.3. The van der Waals surface area contributed by atoms with Gasteiger partial charge >= 0.3 is 0 Å². The highest BCUT2D eigenvalue weighted by molar-refractivity contribution is 7.99. The van der Waals surface area contributed by atoms with E-state index in [9.17, 15) is 4.79 Å². The fourth-order valence-corrected chi connectivity index (χ4v) is 5.35. The minimum Gasteiger partial charge on any atom is -0.377 e. The standard InChI is InChI=1S/C23H21N3O2S2/c27-22(19-5-1-2-6-21(19)30-15-18-4-3-12-28-18)24-17-9-7-16(8-10-17)20-14-26-11-13-29-23(26)25-20/h1-2,5-11,13-14,18H,3-4,12,15H2,(H,24,27). The van der Waals surface area contributed by atoms with Gasteiger partial charge in [-0.3, -0.25) is 9.20 Å². The predicted molar refractivity (Wildman–Crippen MR) is 123 cm³/mol. The van der Waals surface area contributed by atoms with Crippen molar-refractivity contribution in [2.45, 2.75) is 23.8 Å². The van der Waals surface area contributed by atoms with Crippen molar-refractivity contribution in [3.63, 3.8) is 0 Å². The summed E-state index contributed by atoms with van der Waals surface area (Å²) in [6, 6.07) is 15.6. The molecule has 5 nitrogen and oxygen atoms in total. The lowest BCUT2D eigenvalue weighted by molar-refractivity contribution is 0.102. The third-order valence-corrected chi connectivity index (χ3v) is 7.09. The molecule has 7 heteroatoms. The van der Waals surface area contributed by atoms with E-state index in [-0.39, 0.29) is 12.0 Å². The van der Waals surface area contributed by atoms with Crippen molar-refractivity contribution >= 4 is 39.7 Å². The average Bonchev–Trinajstić information content (AvgIpc) is 3.51. The molecule has 1 atom stereocenters. The minimum absolute atomic E-state index is 0.0966. The van der Waals surface area contributed by atoms with Gasteiger partial charge in [-0.25, -0.2) is 4.98 Å². The second kappa shape index (κ2) is 8.63. The molecular formula is C23H21N3O2S2. The zero-order valence-electron chi connectivity index (χ0n) is 16.3. The van der Waals surface area contributed by atoms with Crippen LogP contribution in [-0.2, 0) is 4.74 Å². The van der Waals surface area contributed by atoms with E-state index in [0.717, 1.165) is 52.0 Å². The van der Waals surface area contributed by atoms with Gasteiger partial charge in [0.2, 0.25) is 0 Å². The van der Waals surface area contributed by atoms with E-state index in [1.165, 1.54) is 0 Å². The van der Waals surface area contributed by atoms with Crippen LogP contribution < -0.4 is 5.32 Å². The van der Waals surface area contributed by atoms with Gasteiger partial charge in [-0.15, -0.1) is 23.1 Å². The maximum Gasteiger partial charge on any atom is 0.256 e. The van der Waals surface area contributed by atoms with Crippen molar-refractivity contribution in [3.8, 4) is 11.3 Å². The number of nitrogens with one attached hydrogen (secondary N) is 1. The Morgan fingerprint density at radius 3 is 2.90 bits per heavy atom. The topological polar surface area (TPSA) is 55.6 Å². The highest BCUT2D eigenvalue weighted by Gasteiger charge is 2.18. The highest BCUT2D eigenvalue weighted by Crippen LogP contribution is 2.28. The molecule has 0 spiro atoms. The number of anilines is 1. The number of carbonyl (C=O) groups is 1. The Morgan fingerprint density at radius 2 is 2.10 bits per heavy atom. The molecule has 1 aliphatic rings. The Balaban J connectivity index is 1.27. The Bertz CT molecular complexity index is 1130. The molecule has 5 rings (SSSR count). The maximum absolute atomic E-state index is 12.9. The van der Waals surface area contributed by atoms with Gasteiger partial charge < -0.3 is 10.1 Å². The third-order valence-electron chi connectivity index (χ3n) is 5.11. The van der Waals surface area contributed by atoms with Crippen LogP contribution in [0.15, 0.2) is 71.2 Å². The van der Waals surface area contributed by atoms with Gasteiger partial charge in [-0.2, -0.15) is 0 Å². The van der Waals surface area contributed by atoms with Crippen molar-refractivity contribution < 1.29 is 9.53 Å². The van der Waals surface area contributed by atoms with Gasteiger partial charge in [0.05, 0.1) is 17.4 Å². The lowest BCUT2D eigenvalue weighted by Crippen LogP contribution is -2.14.